The number of fused-ring (bicyclic) bond motifs is 7. The lowest BCUT2D eigenvalue weighted by Gasteiger charge is -2.23. The van der Waals surface area contributed by atoms with E-state index in [9.17, 15) is 5.26 Å². The normalized spacial score (nSPS) is 22.2. The number of aromatic nitrogens is 2. The van der Waals surface area contributed by atoms with Crippen LogP contribution in [0.2, 0.25) is 0 Å². The summed E-state index contributed by atoms with van der Waals surface area (Å²) in [6.45, 7) is 2.16. The third-order valence-corrected chi connectivity index (χ3v) is 9.14. The summed E-state index contributed by atoms with van der Waals surface area (Å²) >= 11 is 0. The number of rotatable bonds is 1. The summed E-state index contributed by atoms with van der Waals surface area (Å²) in [5.41, 5.74) is 8.40. The number of hydrogen-bond donors (Lipinski definition) is 0. The second-order valence-corrected chi connectivity index (χ2v) is 10.9. The van der Waals surface area contributed by atoms with Crippen LogP contribution in [0.25, 0.3) is 49.0 Å². The van der Waals surface area contributed by atoms with Crippen molar-refractivity contribution >= 4 is 49.0 Å². The van der Waals surface area contributed by atoms with Crippen molar-refractivity contribution in [3.63, 3.8) is 0 Å². The number of nitriles is 1. The quantitative estimate of drug-likeness (QED) is 0.155. The van der Waals surface area contributed by atoms with Crippen LogP contribution in [0.15, 0.2) is 54.7 Å². The molecule has 0 N–H and O–H groups in total. The van der Waals surface area contributed by atoms with Gasteiger partial charge in [-0.1, -0.05) is 30.7 Å². The van der Waals surface area contributed by atoms with Crippen LogP contribution < -0.4 is 4.57 Å². The Morgan fingerprint density at radius 3 is 2.65 bits per heavy atom. The highest BCUT2D eigenvalue weighted by atomic mass is 15.0. The van der Waals surface area contributed by atoms with Crippen LogP contribution in [0.3, 0.4) is 0 Å². The minimum Gasteiger partial charge on any atom is -0.307 e. The van der Waals surface area contributed by atoms with Gasteiger partial charge >= 0.3 is 0 Å². The first-order chi connectivity index (χ1) is 16.6. The molecule has 2 aliphatic carbocycles. The minimum absolute atomic E-state index is 0.683. The van der Waals surface area contributed by atoms with Gasteiger partial charge in [0.05, 0.1) is 39.0 Å². The van der Waals surface area contributed by atoms with E-state index in [2.05, 4.69) is 83.7 Å². The molecule has 3 aromatic heterocycles. The molecule has 3 aromatic carbocycles. The molecule has 2 aliphatic rings. The second kappa shape index (κ2) is 6.27. The standard InChI is InChI=1S/C31H26N3/c1-17-11-22(16-32)28-23-5-3-4-6-25(23)34-26-15-21(24-13-18-7-8-19(24)12-18)14-20-9-10-33(2)30(29(20)26)27(17)31(28)34/h3-6,9-11,14-15,18-19,24H,7-8,12-13H2,1-2H3/q+1. The van der Waals surface area contributed by atoms with Crippen molar-refractivity contribution in [1.29, 1.82) is 5.26 Å². The zero-order chi connectivity index (χ0) is 22.7. The largest absolute Gasteiger partial charge is 0.307 e. The Labute approximate surface area is 198 Å². The Kier molecular flexibility index (Phi) is 3.46. The second-order valence-electron chi connectivity index (χ2n) is 10.9. The Bertz CT molecular complexity index is 1870. The number of nitrogens with zero attached hydrogens (tertiary/aromatic N) is 3. The van der Waals surface area contributed by atoms with E-state index < -0.39 is 0 Å². The maximum absolute atomic E-state index is 10.1. The molecule has 2 fully saturated rings. The van der Waals surface area contributed by atoms with Gasteiger partial charge < -0.3 is 4.40 Å². The summed E-state index contributed by atoms with van der Waals surface area (Å²) < 4.78 is 4.75. The van der Waals surface area contributed by atoms with Gasteiger partial charge in [-0.25, -0.2) is 4.57 Å². The van der Waals surface area contributed by atoms with Gasteiger partial charge in [0, 0.05) is 16.8 Å². The van der Waals surface area contributed by atoms with E-state index in [-0.39, 0.29) is 0 Å². The average Bonchev–Trinajstić information content (AvgIpc) is 3.57. The molecule has 3 nitrogen and oxygen atoms in total. The predicted octanol–water partition coefficient (Wildman–Crippen LogP) is 6.90. The Balaban J connectivity index is 1.66. The molecule has 2 saturated carbocycles. The smallest absolute Gasteiger partial charge is 0.224 e. The van der Waals surface area contributed by atoms with E-state index in [0.717, 1.165) is 22.8 Å². The number of benzene rings is 3. The molecule has 0 amide bonds. The number of aryl methyl sites for hydroxylation is 2. The molecule has 6 aromatic rings. The fraction of sp³-hybridized carbons (Fsp3) is 0.290. The van der Waals surface area contributed by atoms with E-state index >= 15 is 0 Å². The average molecular weight is 441 g/mol. The fourth-order valence-corrected chi connectivity index (χ4v) is 7.78. The maximum atomic E-state index is 10.1. The van der Waals surface area contributed by atoms with E-state index in [4.69, 9.17) is 0 Å². The van der Waals surface area contributed by atoms with Crippen molar-refractivity contribution < 1.29 is 4.57 Å². The van der Waals surface area contributed by atoms with Gasteiger partial charge in [0.25, 0.3) is 0 Å². The Morgan fingerprint density at radius 2 is 1.85 bits per heavy atom. The highest BCUT2D eigenvalue weighted by Gasteiger charge is 2.40. The molecule has 2 bridgehead atoms. The van der Waals surface area contributed by atoms with Crippen LogP contribution in [-0.4, -0.2) is 4.40 Å². The van der Waals surface area contributed by atoms with Gasteiger partial charge in [0.15, 0.2) is 6.20 Å². The van der Waals surface area contributed by atoms with Crippen LogP contribution in [0.1, 0.15) is 48.3 Å². The van der Waals surface area contributed by atoms with Crippen molar-refractivity contribution in [3.8, 4) is 6.07 Å². The molecule has 0 spiro atoms. The van der Waals surface area contributed by atoms with Gasteiger partial charge in [0.1, 0.15) is 7.05 Å². The van der Waals surface area contributed by atoms with Gasteiger partial charge in [-0.15, -0.1) is 0 Å². The summed E-state index contributed by atoms with van der Waals surface area (Å²) in [6, 6.07) is 20.5. The van der Waals surface area contributed by atoms with Crippen LogP contribution >= 0.6 is 0 Å². The van der Waals surface area contributed by atoms with E-state index in [1.54, 1.807) is 0 Å². The lowest BCUT2D eigenvalue weighted by Crippen LogP contribution is -2.29. The maximum Gasteiger partial charge on any atom is 0.224 e. The van der Waals surface area contributed by atoms with Gasteiger partial charge in [-0.2, -0.15) is 5.26 Å². The first-order valence-corrected chi connectivity index (χ1v) is 12.6. The first-order valence-electron chi connectivity index (χ1n) is 12.6. The van der Waals surface area contributed by atoms with Crippen molar-refractivity contribution in [2.45, 2.75) is 38.5 Å². The van der Waals surface area contributed by atoms with Crippen LogP contribution in [0.5, 0.6) is 0 Å². The highest BCUT2D eigenvalue weighted by molar-refractivity contribution is 6.26. The lowest BCUT2D eigenvalue weighted by molar-refractivity contribution is -0.643. The summed E-state index contributed by atoms with van der Waals surface area (Å²) in [5, 5.41) is 16.3. The van der Waals surface area contributed by atoms with Crippen LogP contribution in [0.4, 0.5) is 0 Å². The van der Waals surface area contributed by atoms with Crippen molar-refractivity contribution in [2.24, 2.45) is 18.9 Å². The molecule has 3 unspecified atom stereocenters. The molecule has 3 atom stereocenters. The van der Waals surface area contributed by atoms with Crippen molar-refractivity contribution in [1.82, 2.24) is 4.40 Å². The summed E-state index contributed by atoms with van der Waals surface area (Å²) in [7, 11) is 2.16. The monoisotopic (exact) mass is 440 g/mol. The molecular formula is C31H26N3+. The SMILES string of the molecule is Cc1cc(C#N)c2c3ccccc3n3c4cc(C5CC6CCC5C6)cc5cc[n+](C)c(c1c23)c54. The molecule has 3 heterocycles. The Morgan fingerprint density at radius 1 is 0.971 bits per heavy atom. The third kappa shape index (κ3) is 2.15. The molecule has 8 rings (SSSR count). The fourth-order valence-electron chi connectivity index (χ4n) is 7.78. The van der Waals surface area contributed by atoms with Crippen molar-refractivity contribution in [3.05, 3.63) is 71.4 Å². The summed E-state index contributed by atoms with van der Waals surface area (Å²) in [6.07, 6.45) is 7.79. The minimum atomic E-state index is 0.683. The zero-order valence-corrected chi connectivity index (χ0v) is 19.6. The topological polar surface area (TPSA) is 32.1 Å². The van der Waals surface area contributed by atoms with Gasteiger partial charge in [-0.3, -0.25) is 0 Å². The third-order valence-electron chi connectivity index (χ3n) is 9.14. The summed E-state index contributed by atoms with van der Waals surface area (Å²) in [5.74, 6) is 2.45. The van der Waals surface area contributed by atoms with E-state index in [1.807, 2.05) is 0 Å². The number of para-hydroxylation sites is 1. The molecular weight excluding hydrogens is 414 g/mol. The number of pyridine rings is 2. The number of hydrogen-bond acceptors (Lipinski definition) is 1. The van der Waals surface area contributed by atoms with Crippen LogP contribution in [-0.2, 0) is 7.05 Å². The van der Waals surface area contributed by atoms with Gasteiger partial charge in [0.2, 0.25) is 5.52 Å². The van der Waals surface area contributed by atoms with Crippen molar-refractivity contribution in [2.75, 3.05) is 0 Å². The molecule has 0 aliphatic heterocycles. The molecule has 0 saturated heterocycles. The first kappa shape index (κ1) is 18.7. The van der Waals surface area contributed by atoms with E-state index in [0.29, 0.717) is 5.92 Å². The highest BCUT2D eigenvalue weighted by Crippen LogP contribution is 2.53. The Hall–Kier alpha value is -3.64. The summed E-state index contributed by atoms with van der Waals surface area (Å²) in [4.78, 5) is 0. The van der Waals surface area contributed by atoms with Gasteiger partial charge in [-0.05, 0) is 78.7 Å². The molecule has 34 heavy (non-hydrogen) atoms. The predicted molar refractivity (Wildman–Crippen MR) is 137 cm³/mol. The van der Waals surface area contributed by atoms with E-state index in [1.165, 1.54) is 80.4 Å². The lowest BCUT2D eigenvalue weighted by atomic mass is 9.82. The van der Waals surface area contributed by atoms with Crippen LogP contribution in [0, 0.1) is 30.1 Å². The zero-order valence-electron chi connectivity index (χ0n) is 19.6. The molecule has 3 heteroatoms. The molecule has 164 valence electrons. The molecule has 0 radical (unpaired) electrons.